The van der Waals surface area contributed by atoms with Crippen LogP contribution in [0.4, 0.5) is 0 Å². The first-order valence-corrected chi connectivity index (χ1v) is 9.13. The quantitative estimate of drug-likeness (QED) is 0.590. The molecule has 0 aromatic rings. The van der Waals surface area contributed by atoms with Crippen molar-refractivity contribution < 1.29 is 13.2 Å². The fourth-order valence-electron chi connectivity index (χ4n) is 3.25. The van der Waals surface area contributed by atoms with E-state index in [2.05, 4.69) is 9.71 Å². The SMILES string of the molecule is CCCN=C(N)NS(=O)(=O)C1C(C)CC(OC)C(C)C1C. The van der Waals surface area contributed by atoms with E-state index in [4.69, 9.17) is 10.5 Å². The van der Waals surface area contributed by atoms with Crippen molar-refractivity contribution >= 4 is 16.0 Å². The molecule has 5 unspecified atom stereocenters. The van der Waals surface area contributed by atoms with Crippen LogP contribution in [-0.4, -0.2) is 39.4 Å². The molecule has 0 bridgehead atoms. The first-order chi connectivity index (χ1) is 9.74. The lowest BCUT2D eigenvalue weighted by atomic mass is 9.74. The van der Waals surface area contributed by atoms with Crippen molar-refractivity contribution in [2.24, 2.45) is 28.5 Å². The third-order valence-corrected chi connectivity index (χ3v) is 6.62. The Morgan fingerprint density at radius 1 is 1.33 bits per heavy atom. The number of guanidine groups is 1. The standard InChI is InChI=1S/C14H29N3O3S/c1-6-7-16-14(15)17-21(18,19)13-9(2)8-12(20-5)10(3)11(13)4/h9-13H,6-8H2,1-5H3,(H3,15,16,17). The largest absolute Gasteiger partial charge is 0.381 e. The highest BCUT2D eigenvalue weighted by molar-refractivity contribution is 7.90. The van der Waals surface area contributed by atoms with Crippen LogP contribution in [0.25, 0.3) is 0 Å². The number of aliphatic imine (C=N–C) groups is 1. The summed E-state index contributed by atoms with van der Waals surface area (Å²) in [6, 6.07) is 0. The Morgan fingerprint density at radius 2 is 1.95 bits per heavy atom. The van der Waals surface area contributed by atoms with Crippen molar-refractivity contribution in [3.8, 4) is 0 Å². The smallest absolute Gasteiger partial charge is 0.238 e. The van der Waals surface area contributed by atoms with Crippen LogP contribution in [-0.2, 0) is 14.8 Å². The maximum atomic E-state index is 12.6. The fourth-order valence-corrected chi connectivity index (χ4v) is 5.28. The number of nitrogens with two attached hydrogens (primary N) is 1. The number of hydrogen-bond acceptors (Lipinski definition) is 4. The number of ether oxygens (including phenoxy) is 1. The van der Waals surface area contributed by atoms with Gasteiger partial charge in [0.2, 0.25) is 16.0 Å². The van der Waals surface area contributed by atoms with E-state index in [0.29, 0.717) is 6.54 Å². The normalized spacial score (nSPS) is 34.7. The summed E-state index contributed by atoms with van der Waals surface area (Å²) in [7, 11) is -1.85. The number of sulfonamides is 1. The Kier molecular flexibility index (Phi) is 6.46. The van der Waals surface area contributed by atoms with E-state index in [9.17, 15) is 8.42 Å². The minimum atomic E-state index is -3.54. The number of nitrogens with one attached hydrogen (secondary N) is 1. The Labute approximate surface area is 128 Å². The topological polar surface area (TPSA) is 93.8 Å². The fraction of sp³-hybridized carbons (Fsp3) is 0.929. The third kappa shape index (κ3) is 4.32. The van der Waals surface area contributed by atoms with Gasteiger partial charge in [0, 0.05) is 13.7 Å². The van der Waals surface area contributed by atoms with Crippen molar-refractivity contribution in [3.05, 3.63) is 0 Å². The van der Waals surface area contributed by atoms with Crippen LogP contribution in [0.2, 0.25) is 0 Å². The van der Waals surface area contributed by atoms with Gasteiger partial charge >= 0.3 is 0 Å². The van der Waals surface area contributed by atoms with Gasteiger partial charge in [0.25, 0.3) is 0 Å². The summed E-state index contributed by atoms with van der Waals surface area (Å²) in [6.07, 6.45) is 1.66. The van der Waals surface area contributed by atoms with Crippen LogP contribution in [0.3, 0.4) is 0 Å². The molecule has 5 atom stereocenters. The van der Waals surface area contributed by atoms with E-state index in [-0.39, 0.29) is 29.8 Å². The van der Waals surface area contributed by atoms with Crippen LogP contribution in [0.1, 0.15) is 40.5 Å². The molecular formula is C14H29N3O3S. The van der Waals surface area contributed by atoms with Gasteiger partial charge in [0.1, 0.15) is 0 Å². The average Bonchev–Trinajstić information content (AvgIpc) is 2.39. The Morgan fingerprint density at radius 3 is 2.48 bits per heavy atom. The second-order valence-corrected chi connectivity index (χ2v) is 7.92. The molecule has 21 heavy (non-hydrogen) atoms. The van der Waals surface area contributed by atoms with Crippen LogP contribution < -0.4 is 10.5 Å². The van der Waals surface area contributed by atoms with Gasteiger partial charge in [-0.25, -0.2) is 8.42 Å². The molecule has 1 aliphatic carbocycles. The highest BCUT2D eigenvalue weighted by Gasteiger charge is 2.45. The first kappa shape index (κ1) is 18.2. The predicted molar refractivity (Wildman–Crippen MR) is 85.5 cm³/mol. The Balaban J connectivity index is 2.91. The molecule has 1 aliphatic rings. The minimum Gasteiger partial charge on any atom is -0.381 e. The summed E-state index contributed by atoms with van der Waals surface area (Å²) in [5.41, 5.74) is 5.67. The molecule has 0 amide bonds. The lowest BCUT2D eigenvalue weighted by Gasteiger charge is -2.42. The van der Waals surface area contributed by atoms with Crippen LogP contribution in [0.5, 0.6) is 0 Å². The molecule has 0 spiro atoms. The molecule has 1 rings (SSSR count). The summed E-state index contributed by atoms with van der Waals surface area (Å²) in [6.45, 7) is 8.45. The summed E-state index contributed by atoms with van der Waals surface area (Å²) >= 11 is 0. The second kappa shape index (κ2) is 7.45. The highest BCUT2D eigenvalue weighted by Crippen LogP contribution is 2.38. The van der Waals surface area contributed by atoms with Gasteiger partial charge in [-0.15, -0.1) is 0 Å². The molecular weight excluding hydrogens is 290 g/mol. The zero-order valence-corrected chi connectivity index (χ0v) is 14.5. The molecule has 1 saturated carbocycles. The van der Waals surface area contributed by atoms with Crippen molar-refractivity contribution in [2.45, 2.75) is 51.9 Å². The van der Waals surface area contributed by atoms with Gasteiger partial charge in [0.05, 0.1) is 11.4 Å². The average molecular weight is 319 g/mol. The van der Waals surface area contributed by atoms with Gasteiger partial charge in [-0.2, -0.15) is 0 Å². The maximum Gasteiger partial charge on any atom is 0.238 e. The molecule has 0 aliphatic heterocycles. The lowest BCUT2D eigenvalue weighted by Crippen LogP contribution is -2.53. The van der Waals surface area contributed by atoms with E-state index >= 15 is 0 Å². The van der Waals surface area contributed by atoms with Crippen molar-refractivity contribution in [2.75, 3.05) is 13.7 Å². The first-order valence-electron chi connectivity index (χ1n) is 7.58. The minimum absolute atomic E-state index is 0.00447. The van der Waals surface area contributed by atoms with E-state index in [1.807, 2.05) is 27.7 Å². The molecule has 1 fully saturated rings. The molecule has 7 heteroatoms. The monoisotopic (exact) mass is 319 g/mol. The molecule has 0 heterocycles. The summed E-state index contributed by atoms with van der Waals surface area (Å²) in [5.74, 6) is 0.173. The number of hydrogen-bond donors (Lipinski definition) is 2. The van der Waals surface area contributed by atoms with Gasteiger partial charge < -0.3 is 10.5 Å². The number of nitrogens with zero attached hydrogens (tertiary/aromatic N) is 1. The summed E-state index contributed by atoms with van der Waals surface area (Å²) in [4.78, 5) is 4.00. The van der Waals surface area contributed by atoms with Crippen molar-refractivity contribution in [1.82, 2.24) is 4.72 Å². The highest BCUT2D eigenvalue weighted by atomic mass is 32.2. The molecule has 0 saturated heterocycles. The summed E-state index contributed by atoms with van der Waals surface area (Å²) in [5, 5.41) is -0.478. The molecule has 6 nitrogen and oxygen atoms in total. The van der Waals surface area contributed by atoms with Gasteiger partial charge in [-0.1, -0.05) is 27.7 Å². The van der Waals surface area contributed by atoms with Crippen LogP contribution >= 0.6 is 0 Å². The van der Waals surface area contributed by atoms with E-state index in [0.717, 1.165) is 12.8 Å². The van der Waals surface area contributed by atoms with Crippen LogP contribution in [0, 0.1) is 17.8 Å². The second-order valence-electron chi connectivity index (χ2n) is 6.08. The van der Waals surface area contributed by atoms with E-state index in [1.54, 1.807) is 7.11 Å². The Bertz CT molecular complexity index is 464. The van der Waals surface area contributed by atoms with Gasteiger partial charge in [0.15, 0.2) is 0 Å². The lowest BCUT2D eigenvalue weighted by molar-refractivity contribution is -0.00789. The number of methoxy groups -OCH3 is 1. The Hall–Kier alpha value is -0.820. The molecule has 3 N–H and O–H groups in total. The van der Waals surface area contributed by atoms with Crippen molar-refractivity contribution in [3.63, 3.8) is 0 Å². The number of rotatable bonds is 5. The molecule has 0 radical (unpaired) electrons. The van der Waals surface area contributed by atoms with Crippen LogP contribution in [0.15, 0.2) is 4.99 Å². The van der Waals surface area contributed by atoms with Gasteiger partial charge in [-0.05, 0) is 30.6 Å². The predicted octanol–water partition coefficient (Wildman–Crippen LogP) is 1.33. The molecule has 0 aromatic carbocycles. The molecule has 124 valence electrons. The summed E-state index contributed by atoms with van der Waals surface area (Å²) < 4.78 is 33.1. The third-order valence-electron chi connectivity index (χ3n) is 4.51. The zero-order valence-electron chi connectivity index (χ0n) is 13.7. The van der Waals surface area contributed by atoms with E-state index in [1.165, 1.54) is 0 Å². The zero-order chi connectivity index (χ0) is 16.2. The van der Waals surface area contributed by atoms with E-state index < -0.39 is 15.3 Å². The van der Waals surface area contributed by atoms with Crippen molar-refractivity contribution in [1.29, 1.82) is 0 Å². The molecule has 0 aromatic heterocycles. The maximum absolute atomic E-state index is 12.6. The van der Waals surface area contributed by atoms with Gasteiger partial charge in [-0.3, -0.25) is 9.71 Å².